The number of carbonyl (C=O) groups is 1. The zero-order valence-corrected chi connectivity index (χ0v) is 14.8. The van der Waals surface area contributed by atoms with Gasteiger partial charge in [0.25, 0.3) is 11.6 Å². The van der Waals surface area contributed by atoms with Crippen LogP contribution in [0.1, 0.15) is 29.1 Å². The van der Waals surface area contributed by atoms with E-state index in [1.807, 2.05) is 0 Å². The van der Waals surface area contributed by atoms with Crippen LogP contribution in [0, 0.1) is 17.0 Å². The van der Waals surface area contributed by atoms with E-state index < -0.39 is 10.8 Å². The number of aryl methyl sites for hydroxylation is 1. The van der Waals surface area contributed by atoms with Crippen LogP contribution in [0.4, 0.5) is 17.1 Å². The van der Waals surface area contributed by atoms with Gasteiger partial charge in [0.2, 0.25) is 0 Å². The summed E-state index contributed by atoms with van der Waals surface area (Å²) in [4.78, 5) is 29.9. The Hall–Kier alpha value is -3.42. The Bertz CT molecular complexity index is 1040. The number of non-ortho nitro benzene ring substituents is 1. The number of oxazole rings is 1. The lowest BCUT2D eigenvalue weighted by atomic mass is 10.1. The Morgan fingerprint density at radius 3 is 2.74 bits per heavy atom. The van der Waals surface area contributed by atoms with Crippen LogP contribution in [0.2, 0.25) is 0 Å². The molecule has 1 aliphatic rings. The molecule has 1 saturated heterocycles. The molecule has 0 spiro atoms. The van der Waals surface area contributed by atoms with E-state index in [1.165, 1.54) is 12.1 Å². The smallest absolute Gasteiger partial charge is 0.270 e. The number of hydrogen-bond acceptors (Lipinski definition) is 6. The Kier molecular flexibility index (Phi) is 4.23. The normalized spacial score (nSPS) is 13.9. The van der Waals surface area contributed by atoms with Crippen molar-refractivity contribution in [2.24, 2.45) is 0 Å². The quantitative estimate of drug-likeness (QED) is 0.555. The van der Waals surface area contributed by atoms with E-state index in [1.54, 1.807) is 31.2 Å². The third kappa shape index (κ3) is 3.33. The molecule has 0 atom stereocenters. The van der Waals surface area contributed by atoms with Gasteiger partial charge in [0.15, 0.2) is 11.5 Å². The summed E-state index contributed by atoms with van der Waals surface area (Å²) in [5.41, 5.74) is 2.72. The number of nitrogens with zero attached hydrogens (tertiary/aromatic N) is 3. The molecule has 0 aliphatic carbocycles. The van der Waals surface area contributed by atoms with Crippen molar-refractivity contribution in [1.29, 1.82) is 0 Å². The predicted octanol–water partition coefficient (Wildman–Crippen LogP) is 3.90. The number of nitro groups is 1. The van der Waals surface area contributed by atoms with Crippen LogP contribution in [0.15, 0.2) is 40.8 Å². The van der Waals surface area contributed by atoms with Gasteiger partial charge in [0.1, 0.15) is 5.52 Å². The Morgan fingerprint density at radius 2 is 2.00 bits per heavy atom. The van der Waals surface area contributed by atoms with Crippen LogP contribution >= 0.6 is 0 Å². The minimum absolute atomic E-state index is 0.107. The maximum Gasteiger partial charge on any atom is 0.270 e. The van der Waals surface area contributed by atoms with Crippen LogP contribution in [-0.4, -0.2) is 28.9 Å². The number of benzene rings is 2. The number of nitrogens with one attached hydrogen (secondary N) is 1. The van der Waals surface area contributed by atoms with Crippen molar-refractivity contribution in [2.75, 3.05) is 23.3 Å². The number of amides is 1. The van der Waals surface area contributed by atoms with Gasteiger partial charge in [-0.05, 0) is 31.0 Å². The van der Waals surface area contributed by atoms with Crippen LogP contribution in [0.5, 0.6) is 0 Å². The highest BCUT2D eigenvalue weighted by Gasteiger charge is 2.22. The minimum atomic E-state index is -0.492. The molecule has 27 heavy (non-hydrogen) atoms. The fourth-order valence-corrected chi connectivity index (χ4v) is 3.37. The van der Waals surface area contributed by atoms with E-state index in [0.29, 0.717) is 33.9 Å². The van der Waals surface area contributed by atoms with Crippen LogP contribution in [0.25, 0.3) is 11.1 Å². The zero-order valence-electron chi connectivity index (χ0n) is 14.8. The summed E-state index contributed by atoms with van der Waals surface area (Å²) < 4.78 is 5.49. The SMILES string of the molecule is Cc1nc2ccc(NC(=O)c3cc([N+](=O)[O-])ccc3N3CCCC3)cc2o1. The highest BCUT2D eigenvalue weighted by atomic mass is 16.6. The van der Waals surface area contributed by atoms with Gasteiger partial charge in [-0.15, -0.1) is 0 Å². The molecule has 0 saturated carbocycles. The summed E-state index contributed by atoms with van der Waals surface area (Å²) >= 11 is 0. The standard InChI is InChI=1S/C19H18N4O4/c1-12-20-16-6-4-13(10-18(16)27-12)21-19(24)15-11-14(23(25)26)5-7-17(15)22-8-2-3-9-22/h4-7,10-11H,2-3,8-9H2,1H3,(H,21,24). The van der Waals surface area contributed by atoms with Gasteiger partial charge in [-0.2, -0.15) is 0 Å². The number of rotatable bonds is 4. The van der Waals surface area contributed by atoms with Crippen molar-refractivity contribution in [3.63, 3.8) is 0 Å². The molecule has 0 radical (unpaired) electrons. The second kappa shape index (κ2) is 6.71. The average molecular weight is 366 g/mol. The molecule has 8 heteroatoms. The highest BCUT2D eigenvalue weighted by Crippen LogP contribution is 2.29. The molecule has 0 bridgehead atoms. The molecule has 8 nitrogen and oxygen atoms in total. The monoisotopic (exact) mass is 366 g/mol. The van der Waals surface area contributed by atoms with Crippen molar-refractivity contribution >= 4 is 34.1 Å². The lowest BCUT2D eigenvalue weighted by Crippen LogP contribution is -2.23. The predicted molar refractivity (Wildman–Crippen MR) is 101 cm³/mol. The summed E-state index contributed by atoms with van der Waals surface area (Å²) in [5, 5.41) is 14.0. The summed E-state index contributed by atoms with van der Waals surface area (Å²) in [6, 6.07) is 9.61. The second-order valence-electron chi connectivity index (χ2n) is 6.52. The van der Waals surface area contributed by atoms with Gasteiger partial charge in [0.05, 0.1) is 16.2 Å². The Balaban J connectivity index is 1.67. The van der Waals surface area contributed by atoms with Crippen molar-refractivity contribution < 1.29 is 14.1 Å². The van der Waals surface area contributed by atoms with E-state index in [2.05, 4.69) is 15.2 Å². The van der Waals surface area contributed by atoms with E-state index in [-0.39, 0.29) is 5.69 Å². The first kappa shape index (κ1) is 17.0. The topological polar surface area (TPSA) is 102 Å². The van der Waals surface area contributed by atoms with Gasteiger partial charge in [-0.25, -0.2) is 4.98 Å². The number of hydrogen-bond donors (Lipinski definition) is 1. The lowest BCUT2D eigenvalue weighted by molar-refractivity contribution is -0.384. The summed E-state index contributed by atoms with van der Waals surface area (Å²) in [7, 11) is 0. The number of nitro benzene ring substituents is 1. The first-order valence-electron chi connectivity index (χ1n) is 8.73. The molecule has 138 valence electrons. The van der Waals surface area contributed by atoms with Crippen LogP contribution < -0.4 is 10.2 Å². The molecule has 3 aromatic rings. The molecule has 4 rings (SSSR count). The summed E-state index contributed by atoms with van der Waals surface area (Å²) in [6.45, 7) is 3.42. The van der Waals surface area contributed by atoms with Crippen molar-refractivity contribution in [2.45, 2.75) is 19.8 Å². The molecule has 1 aliphatic heterocycles. The molecular formula is C19H18N4O4. The maximum absolute atomic E-state index is 12.9. The Morgan fingerprint density at radius 1 is 1.22 bits per heavy atom. The molecule has 1 amide bonds. The minimum Gasteiger partial charge on any atom is -0.441 e. The third-order valence-corrected chi connectivity index (χ3v) is 4.64. The third-order valence-electron chi connectivity index (χ3n) is 4.64. The van der Waals surface area contributed by atoms with Gasteiger partial charge in [-0.1, -0.05) is 0 Å². The number of anilines is 2. The van der Waals surface area contributed by atoms with Crippen LogP contribution in [0.3, 0.4) is 0 Å². The maximum atomic E-state index is 12.9. The summed E-state index contributed by atoms with van der Waals surface area (Å²) in [5.74, 6) is 0.152. The number of fused-ring (bicyclic) bond motifs is 1. The first-order chi connectivity index (χ1) is 13.0. The molecule has 2 aromatic carbocycles. The van der Waals surface area contributed by atoms with Crippen molar-refractivity contribution in [1.82, 2.24) is 4.98 Å². The van der Waals surface area contributed by atoms with Gasteiger partial charge < -0.3 is 14.6 Å². The average Bonchev–Trinajstić information content (AvgIpc) is 3.29. The first-order valence-corrected chi connectivity index (χ1v) is 8.73. The fraction of sp³-hybridized carbons (Fsp3) is 0.263. The van der Waals surface area contributed by atoms with E-state index in [4.69, 9.17) is 4.42 Å². The Labute approximate surface area is 154 Å². The van der Waals surface area contributed by atoms with Gasteiger partial charge in [-0.3, -0.25) is 14.9 Å². The van der Waals surface area contributed by atoms with Crippen molar-refractivity contribution in [3.05, 3.63) is 58.0 Å². The van der Waals surface area contributed by atoms with Crippen LogP contribution in [-0.2, 0) is 0 Å². The summed E-state index contributed by atoms with van der Waals surface area (Å²) in [6.07, 6.45) is 2.08. The largest absolute Gasteiger partial charge is 0.441 e. The van der Waals surface area contributed by atoms with E-state index >= 15 is 0 Å². The molecular weight excluding hydrogens is 348 g/mol. The molecule has 1 N–H and O–H groups in total. The number of aromatic nitrogens is 1. The zero-order chi connectivity index (χ0) is 19.0. The van der Waals surface area contributed by atoms with Gasteiger partial charge >= 0.3 is 0 Å². The number of carbonyl (C=O) groups excluding carboxylic acids is 1. The highest BCUT2D eigenvalue weighted by molar-refractivity contribution is 6.09. The molecule has 2 heterocycles. The van der Waals surface area contributed by atoms with Crippen molar-refractivity contribution in [3.8, 4) is 0 Å². The van der Waals surface area contributed by atoms with E-state index in [9.17, 15) is 14.9 Å². The fourth-order valence-electron chi connectivity index (χ4n) is 3.37. The lowest BCUT2D eigenvalue weighted by Gasteiger charge is -2.20. The molecule has 0 unspecified atom stereocenters. The molecule has 1 aromatic heterocycles. The van der Waals surface area contributed by atoms with Gasteiger partial charge in [0, 0.05) is 43.9 Å². The second-order valence-corrected chi connectivity index (χ2v) is 6.52. The van der Waals surface area contributed by atoms with E-state index in [0.717, 1.165) is 25.9 Å². The molecule has 1 fully saturated rings.